The molecule has 1 N–H and O–H groups in total. The van der Waals surface area contributed by atoms with Gasteiger partial charge in [0.15, 0.2) is 6.61 Å². The zero-order valence-corrected chi connectivity index (χ0v) is 16.2. The smallest absolute Gasteiger partial charge is 0.367 e. The molecule has 0 radical (unpaired) electrons. The summed E-state index contributed by atoms with van der Waals surface area (Å²) in [4.78, 5) is 24.4. The maximum absolute atomic E-state index is 12.7. The number of rotatable bonds is 8. The molecule has 146 valence electrons. The molecule has 7 heteroatoms. The molecule has 2 aromatic carbocycles. The zero-order chi connectivity index (χ0) is 20.7. The van der Waals surface area contributed by atoms with Crippen LogP contribution < -0.4 is 4.74 Å². The molecule has 6 nitrogen and oxygen atoms in total. The Balaban J connectivity index is 2.20. The number of nitriles is 1. The highest BCUT2D eigenvalue weighted by Gasteiger charge is 2.44. The van der Waals surface area contributed by atoms with Gasteiger partial charge in [0.05, 0.1) is 5.92 Å². The van der Waals surface area contributed by atoms with Gasteiger partial charge >= 0.3 is 17.5 Å². The van der Waals surface area contributed by atoms with E-state index in [1.54, 1.807) is 48.5 Å². The molecule has 0 bridgehead atoms. The van der Waals surface area contributed by atoms with Crippen molar-refractivity contribution in [2.45, 2.75) is 25.4 Å². The van der Waals surface area contributed by atoms with Crippen molar-refractivity contribution >= 4 is 23.5 Å². The van der Waals surface area contributed by atoms with E-state index in [4.69, 9.17) is 21.1 Å². The number of carbonyl (C=O) groups is 2. The largest absolute Gasteiger partial charge is 0.477 e. The quantitative estimate of drug-likeness (QED) is 0.670. The third-order valence-corrected chi connectivity index (χ3v) is 4.38. The van der Waals surface area contributed by atoms with E-state index < -0.39 is 30.1 Å². The lowest BCUT2D eigenvalue weighted by Gasteiger charge is -2.25. The second-order valence-electron chi connectivity index (χ2n) is 6.54. The van der Waals surface area contributed by atoms with Gasteiger partial charge in [0.2, 0.25) is 0 Å². The number of benzene rings is 2. The fourth-order valence-corrected chi connectivity index (χ4v) is 2.78. The van der Waals surface area contributed by atoms with Crippen LogP contribution in [0.5, 0.6) is 5.75 Å². The summed E-state index contributed by atoms with van der Waals surface area (Å²) in [5.41, 5.74) is -1.66. The van der Waals surface area contributed by atoms with E-state index in [0.717, 1.165) is 0 Å². The third-order valence-electron chi connectivity index (χ3n) is 4.13. The van der Waals surface area contributed by atoms with Crippen LogP contribution in [-0.4, -0.2) is 29.3 Å². The lowest BCUT2D eigenvalue weighted by Crippen LogP contribution is -2.48. The first-order chi connectivity index (χ1) is 13.3. The monoisotopic (exact) mass is 401 g/mol. The van der Waals surface area contributed by atoms with Gasteiger partial charge in [-0.3, -0.25) is 4.79 Å². The van der Waals surface area contributed by atoms with Crippen molar-refractivity contribution in [3.63, 3.8) is 0 Å². The molecule has 1 unspecified atom stereocenters. The van der Waals surface area contributed by atoms with Crippen LogP contribution in [0, 0.1) is 17.2 Å². The molecule has 0 heterocycles. The van der Waals surface area contributed by atoms with E-state index in [1.165, 1.54) is 12.1 Å². The van der Waals surface area contributed by atoms with Gasteiger partial charge in [-0.2, -0.15) is 5.26 Å². The van der Waals surface area contributed by atoms with E-state index in [-0.39, 0.29) is 11.7 Å². The minimum atomic E-state index is -2.35. The van der Waals surface area contributed by atoms with Crippen LogP contribution in [0.1, 0.15) is 25.3 Å². The normalized spacial score (nSPS) is 13.8. The van der Waals surface area contributed by atoms with Gasteiger partial charge in [0, 0.05) is 5.02 Å². The number of aliphatic carboxylic acids is 1. The standard InChI is InChI=1S/C21H20ClNO5/c1-14(2)18(15-8-10-16(22)11-9-15)19(24)27-13-21(12-23,20(25)26)28-17-6-4-3-5-7-17/h3-11,14,18H,13H2,1-2H3,(H,25,26)/t18-,21?/m0/s1. The molecule has 28 heavy (non-hydrogen) atoms. The number of carboxylic acid groups (broad SMARTS) is 1. The second kappa shape index (κ2) is 9.25. The SMILES string of the molecule is CC(C)[C@H](C(=O)OCC(C#N)(Oc1ccccc1)C(=O)O)c1ccc(Cl)cc1. The minimum Gasteiger partial charge on any atom is -0.477 e. The highest BCUT2D eigenvalue weighted by Crippen LogP contribution is 2.28. The number of hydrogen-bond donors (Lipinski definition) is 1. The van der Waals surface area contributed by atoms with Gasteiger partial charge in [-0.15, -0.1) is 0 Å². The molecule has 2 rings (SSSR count). The molecule has 0 aliphatic rings. The Hall–Kier alpha value is -3.04. The topological polar surface area (TPSA) is 96.6 Å². The van der Waals surface area contributed by atoms with Crippen molar-refractivity contribution in [3.05, 3.63) is 65.2 Å². The van der Waals surface area contributed by atoms with Gasteiger partial charge < -0.3 is 14.6 Å². The summed E-state index contributed by atoms with van der Waals surface area (Å²) < 4.78 is 10.6. The highest BCUT2D eigenvalue weighted by atomic mass is 35.5. The molecule has 2 aromatic rings. The van der Waals surface area contributed by atoms with E-state index in [2.05, 4.69) is 0 Å². The minimum absolute atomic E-state index is 0.120. The van der Waals surface area contributed by atoms with Crippen LogP contribution >= 0.6 is 11.6 Å². The van der Waals surface area contributed by atoms with Gasteiger partial charge in [-0.1, -0.05) is 55.8 Å². The Morgan fingerprint density at radius 3 is 2.25 bits per heavy atom. The molecule has 0 saturated carbocycles. The predicted molar refractivity (Wildman–Crippen MR) is 103 cm³/mol. The lowest BCUT2D eigenvalue weighted by molar-refractivity contribution is -0.162. The van der Waals surface area contributed by atoms with Crippen LogP contribution in [-0.2, 0) is 14.3 Å². The summed E-state index contributed by atoms with van der Waals surface area (Å²) in [5, 5.41) is 19.5. The second-order valence-corrected chi connectivity index (χ2v) is 6.98. The van der Waals surface area contributed by atoms with Crippen LogP contribution in [0.2, 0.25) is 5.02 Å². The average Bonchev–Trinajstić information content (AvgIpc) is 2.67. The maximum Gasteiger partial charge on any atom is 0.367 e. The summed E-state index contributed by atoms with van der Waals surface area (Å²) in [5.74, 6) is -2.76. The predicted octanol–water partition coefficient (Wildman–Crippen LogP) is 4.05. The molecular formula is C21H20ClNO5. The summed E-state index contributed by atoms with van der Waals surface area (Å²) in [6.07, 6.45) is 0. The van der Waals surface area contributed by atoms with Crippen LogP contribution in [0.25, 0.3) is 0 Å². The average molecular weight is 402 g/mol. The number of ether oxygens (including phenoxy) is 2. The highest BCUT2D eigenvalue weighted by molar-refractivity contribution is 6.30. The number of esters is 1. The van der Waals surface area contributed by atoms with Crippen molar-refractivity contribution in [2.24, 2.45) is 5.92 Å². The van der Waals surface area contributed by atoms with Crippen molar-refractivity contribution in [1.82, 2.24) is 0 Å². The molecule has 0 saturated heterocycles. The van der Waals surface area contributed by atoms with Crippen molar-refractivity contribution < 1.29 is 24.2 Å². The third kappa shape index (κ3) is 5.02. The Kier molecular flexibility index (Phi) is 7.02. The fraction of sp³-hybridized carbons (Fsp3) is 0.286. The molecular weight excluding hydrogens is 382 g/mol. The summed E-state index contributed by atoms with van der Waals surface area (Å²) in [6.45, 7) is 2.94. The van der Waals surface area contributed by atoms with Crippen LogP contribution in [0.3, 0.4) is 0 Å². The lowest BCUT2D eigenvalue weighted by atomic mass is 9.88. The number of nitrogens with zero attached hydrogens (tertiary/aromatic N) is 1. The molecule has 0 aromatic heterocycles. The van der Waals surface area contributed by atoms with E-state index in [1.807, 2.05) is 13.8 Å². The fourth-order valence-electron chi connectivity index (χ4n) is 2.65. The van der Waals surface area contributed by atoms with E-state index in [0.29, 0.717) is 10.6 Å². The van der Waals surface area contributed by atoms with Crippen molar-refractivity contribution in [1.29, 1.82) is 5.26 Å². The first-order valence-corrected chi connectivity index (χ1v) is 8.97. The van der Waals surface area contributed by atoms with Crippen molar-refractivity contribution in [3.8, 4) is 11.8 Å². The number of halogens is 1. The van der Waals surface area contributed by atoms with Crippen LogP contribution in [0.4, 0.5) is 0 Å². The molecule has 0 amide bonds. The Labute approximate surface area is 168 Å². The van der Waals surface area contributed by atoms with Gasteiger partial charge in [-0.25, -0.2) is 4.79 Å². The number of hydrogen-bond acceptors (Lipinski definition) is 5. The molecule has 2 atom stereocenters. The van der Waals surface area contributed by atoms with Crippen molar-refractivity contribution in [2.75, 3.05) is 6.61 Å². The van der Waals surface area contributed by atoms with E-state index in [9.17, 15) is 20.0 Å². The summed E-state index contributed by atoms with van der Waals surface area (Å²) in [7, 11) is 0. The maximum atomic E-state index is 12.7. The number of carbonyl (C=O) groups excluding carboxylic acids is 1. The summed E-state index contributed by atoms with van der Waals surface area (Å²) >= 11 is 5.89. The van der Waals surface area contributed by atoms with E-state index >= 15 is 0 Å². The number of para-hydroxylation sites is 1. The van der Waals surface area contributed by atoms with Gasteiger partial charge in [0.1, 0.15) is 11.8 Å². The Morgan fingerprint density at radius 2 is 1.75 bits per heavy atom. The molecule has 0 aliphatic heterocycles. The number of carboxylic acids is 1. The molecule has 0 spiro atoms. The molecule has 0 aliphatic carbocycles. The molecule has 0 fully saturated rings. The first-order valence-electron chi connectivity index (χ1n) is 8.60. The van der Waals surface area contributed by atoms with Gasteiger partial charge in [0.25, 0.3) is 0 Å². The van der Waals surface area contributed by atoms with Crippen LogP contribution in [0.15, 0.2) is 54.6 Å². The Morgan fingerprint density at radius 1 is 1.14 bits per heavy atom. The zero-order valence-electron chi connectivity index (χ0n) is 15.5. The Bertz CT molecular complexity index is 861. The first kappa shape index (κ1) is 21.3. The summed E-state index contributed by atoms with van der Waals surface area (Å²) in [6, 6.07) is 16.4. The van der Waals surface area contributed by atoms with Gasteiger partial charge in [-0.05, 0) is 35.7 Å².